The van der Waals surface area contributed by atoms with Crippen molar-refractivity contribution in [2.45, 2.75) is 44.9 Å². The fourth-order valence-electron chi connectivity index (χ4n) is 3.15. The van der Waals surface area contributed by atoms with Crippen LogP contribution < -0.4 is 0 Å². The standard InChI is InChI=1S/C18H29NOS/c1-18(2,3)16-8-7-12-19(13-11-16)14-15-21(20)17-9-5-4-6-10-17/h4-6,9-10,16H,7-8,11-15H2,1-3H3. The van der Waals surface area contributed by atoms with E-state index in [2.05, 4.69) is 25.7 Å². The smallest absolute Gasteiger partial charge is 0.0542 e. The molecule has 0 amide bonds. The normalized spacial score (nSPS) is 22.7. The van der Waals surface area contributed by atoms with Gasteiger partial charge < -0.3 is 4.90 Å². The molecule has 2 unspecified atom stereocenters. The van der Waals surface area contributed by atoms with Gasteiger partial charge in [-0.3, -0.25) is 4.21 Å². The number of likely N-dealkylation sites (tertiary alicyclic amines) is 1. The van der Waals surface area contributed by atoms with Crippen molar-refractivity contribution in [3.8, 4) is 0 Å². The van der Waals surface area contributed by atoms with E-state index >= 15 is 0 Å². The van der Waals surface area contributed by atoms with Crippen molar-refractivity contribution in [3.05, 3.63) is 30.3 Å². The molecule has 1 saturated heterocycles. The van der Waals surface area contributed by atoms with Crippen LogP contribution >= 0.6 is 0 Å². The number of hydrogen-bond donors (Lipinski definition) is 0. The minimum atomic E-state index is -0.858. The lowest BCUT2D eigenvalue weighted by Crippen LogP contribution is -2.30. The molecule has 1 aromatic carbocycles. The minimum Gasteiger partial charge on any atom is -0.302 e. The van der Waals surface area contributed by atoms with Crippen molar-refractivity contribution in [2.24, 2.45) is 11.3 Å². The van der Waals surface area contributed by atoms with E-state index in [0.717, 1.165) is 29.7 Å². The van der Waals surface area contributed by atoms with Gasteiger partial charge in [0.1, 0.15) is 0 Å². The molecular formula is C18H29NOS. The van der Waals surface area contributed by atoms with Gasteiger partial charge in [-0.1, -0.05) is 39.0 Å². The Labute approximate surface area is 132 Å². The molecule has 1 fully saturated rings. The predicted molar refractivity (Wildman–Crippen MR) is 91.0 cm³/mol. The summed E-state index contributed by atoms with van der Waals surface area (Å²) < 4.78 is 12.3. The minimum absolute atomic E-state index is 0.420. The highest BCUT2D eigenvalue weighted by molar-refractivity contribution is 7.85. The van der Waals surface area contributed by atoms with Gasteiger partial charge in [-0.15, -0.1) is 0 Å². The van der Waals surface area contributed by atoms with Crippen molar-refractivity contribution < 1.29 is 4.21 Å². The van der Waals surface area contributed by atoms with E-state index in [-0.39, 0.29) is 0 Å². The third-order valence-corrected chi connectivity index (χ3v) is 6.00. The summed E-state index contributed by atoms with van der Waals surface area (Å²) in [6.45, 7) is 10.4. The van der Waals surface area contributed by atoms with E-state index in [1.165, 1.54) is 25.8 Å². The third-order valence-electron chi connectivity index (χ3n) is 4.64. The van der Waals surface area contributed by atoms with Gasteiger partial charge in [0.25, 0.3) is 0 Å². The van der Waals surface area contributed by atoms with E-state index in [1.807, 2.05) is 30.3 Å². The molecule has 3 heteroatoms. The van der Waals surface area contributed by atoms with Crippen LogP contribution in [-0.4, -0.2) is 34.5 Å². The summed E-state index contributed by atoms with van der Waals surface area (Å²) in [5.41, 5.74) is 0.420. The van der Waals surface area contributed by atoms with Crippen LogP contribution in [0.25, 0.3) is 0 Å². The number of hydrogen-bond acceptors (Lipinski definition) is 2. The van der Waals surface area contributed by atoms with Crippen molar-refractivity contribution >= 4 is 10.8 Å². The van der Waals surface area contributed by atoms with Crippen molar-refractivity contribution in [2.75, 3.05) is 25.4 Å². The lowest BCUT2D eigenvalue weighted by Gasteiger charge is -2.29. The van der Waals surface area contributed by atoms with Gasteiger partial charge >= 0.3 is 0 Å². The highest BCUT2D eigenvalue weighted by Gasteiger charge is 2.26. The van der Waals surface area contributed by atoms with Crippen molar-refractivity contribution in [1.29, 1.82) is 0 Å². The highest BCUT2D eigenvalue weighted by Crippen LogP contribution is 2.34. The van der Waals surface area contributed by atoms with Gasteiger partial charge in [-0.05, 0) is 55.8 Å². The van der Waals surface area contributed by atoms with Gasteiger partial charge in [0, 0.05) is 17.2 Å². The fourth-order valence-corrected chi connectivity index (χ4v) is 4.27. The summed E-state index contributed by atoms with van der Waals surface area (Å²) in [5.74, 6) is 1.58. The van der Waals surface area contributed by atoms with Crippen LogP contribution in [0.2, 0.25) is 0 Å². The Morgan fingerprint density at radius 3 is 2.52 bits per heavy atom. The Hall–Kier alpha value is -0.670. The van der Waals surface area contributed by atoms with Gasteiger partial charge in [0.2, 0.25) is 0 Å². The first-order valence-electron chi connectivity index (χ1n) is 8.12. The van der Waals surface area contributed by atoms with E-state index in [9.17, 15) is 4.21 Å². The summed E-state index contributed by atoms with van der Waals surface area (Å²) in [7, 11) is -0.858. The number of nitrogens with zero attached hydrogens (tertiary/aromatic N) is 1. The van der Waals surface area contributed by atoms with Crippen LogP contribution in [0.15, 0.2) is 35.2 Å². The lowest BCUT2D eigenvalue weighted by molar-refractivity contribution is 0.210. The first-order chi connectivity index (χ1) is 9.97. The zero-order valence-electron chi connectivity index (χ0n) is 13.7. The summed E-state index contributed by atoms with van der Waals surface area (Å²) >= 11 is 0. The Morgan fingerprint density at radius 1 is 1.14 bits per heavy atom. The molecule has 0 saturated carbocycles. The second-order valence-corrected chi connectivity index (χ2v) is 8.77. The van der Waals surface area contributed by atoms with Crippen LogP contribution in [0, 0.1) is 11.3 Å². The van der Waals surface area contributed by atoms with Crippen LogP contribution in [0.1, 0.15) is 40.0 Å². The van der Waals surface area contributed by atoms with E-state index < -0.39 is 10.8 Å². The quantitative estimate of drug-likeness (QED) is 0.839. The van der Waals surface area contributed by atoms with Crippen LogP contribution in [0.5, 0.6) is 0 Å². The van der Waals surface area contributed by atoms with Gasteiger partial charge in [0.05, 0.1) is 10.8 Å². The second kappa shape index (κ2) is 7.55. The van der Waals surface area contributed by atoms with Crippen LogP contribution in [-0.2, 0) is 10.8 Å². The van der Waals surface area contributed by atoms with E-state index in [1.54, 1.807) is 0 Å². The molecular weight excluding hydrogens is 278 g/mol. The zero-order chi connectivity index (χ0) is 15.3. The molecule has 2 nitrogen and oxygen atoms in total. The molecule has 1 aliphatic rings. The first-order valence-corrected chi connectivity index (χ1v) is 9.44. The molecule has 0 aromatic heterocycles. The Kier molecular flexibility index (Phi) is 6.00. The topological polar surface area (TPSA) is 20.3 Å². The average molecular weight is 308 g/mol. The Balaban J connectivity index is 1.80. The van der Waals surface area contributed by atoms with E-state index in [4.69, 9.17) is 0 Å². The monoisotopic (exact) mass is 307 g/mol. The summed E-state index contributed by atoms with van der Waals surface area (Å²) in [4.78, 5) is 3.46. The first kappa shape index (κ1) is 16.7. The van der Waals surface area contributed by atoms with Crippen molar-refractivity contribution in [1.82, 2.24) is 4.90 Å². The maximum absolute atomic E-state index is 12.3. The molecule has 0 aliphatic carbocycles. The molecule has 21 heavy (non-hydrogen) atoms. The zero-order valence-corrected chi connectivity index (χ0v) is 14.5. The van der Waals surface area contributed by atoms with E-state index in [0.29, 0.717) is 5.41 Å². The molecule has 0 bridgehead atoms. The highest BCUT2D eigenvalue weighted by atomic mass is 32.2. The molecule has 1 aliphatic heterocycles. The average Bonchev–Trinajstić information content (AvgIpc) is 2.71. The molecule has 1 heterocycles. The third kappa shape index (κ3) is 5.23. The molecule has 0 N–H and O–H groups in total. The summed E-state index contributed by atoms with van der Waals surface area (Å²) in [5, 5.41) is 0. The molecule has 2 atom stereocenters. The van der Waals surface area contributed by atoms with Gasteiger partial charge in [-0.25, -0.2) is 0 Å². The van der Waals surface area contributed by atoms with Crippen LogP contribution in [0.3, 0.4) is 0 Å². The summed E-state index contributed by atoms with van der Waals surface area (Å²) in [6.07, 6.45) is 3.89. The second-order valence-electron chi connectivity index (χ2n) is 7.20. The SMILES string of the molecule is CC(C)(C)C1CCCN(CCS(=O)c2ccccc2)CC1. The fraction of sp³-hybridized carbons (Fsp3) is 0.667. The molecule has 0 spiro atoms. The maximum Gasteiger partial charge on any atom is 0.0542 e. The predicted octanol–water partition coefficient (Wildman–Crippen LogP) is 3.94. The van der Waals surface area contributed by atoms with Gasteiger partial charge in [0.15, 0.2) is 0 Å². The molecule has 118 valence electrons. The molecule has 1 aromatic rings. The Morgan fingerprint density at radius 2 is 1.86 bits per heavy atom. The van der Waals surface area contributed by atoms with Crippen molar-refractivity contribution in [3.63, 3.8) is 0 Å². The lowest BCUT2D eigenvalue weighted by atomic mass is 9.77. The summed E-state index contributed by atoms with van der Waals surface area (Å²) in [6, 6.07) is 9.84. The largest absolute Gasteiger partial charge is 0.302 e. The number of rotatable bonds is 4. The van der Waals surface area contributed by atoms with Crippen LogP contribution in [0.4, 0.5) is 0 Å². The molecule has 0 radical (unpaired) electrons. The Bertz CT molecular complexity index is 452. The maximum atomic E-state index is 12.3. The van der Waals surface area contributed by atoms with Gasteiger partial charge in [-0.2, -0.15) is 0 Å². The number of benzene rings is 1. The molecule has 2 rings (SSSR count).